The molecule has 0 aliphatic heterocycles. The molecule has 39 heavy (non-hydrogen) atoms. The number of halogens is 2. The fourth-order valence-electron chi connectivity index (χ4n) is 5.16. The maximum absolute atomic E-state index is 2.25. The molecule has 8 rings (SSSR count). The topological polar surface area (TPSA) is 9.86 Å². The Labute approximate surface area is 259 Å². The Kier molecular flexibility index (Phi) is 8.98. The molecule has 188 valence electrons. The van der Waals surface area contributed by atoms with Gasteiger partial charge in [0.15, 0.2) is 0 Å². The van der Waals surface area contributed by atoms with Gasteiger partial charge in [0.1, 0.15) is 0 Å². The number of hydrogen-bond acceptors (Lipinski definition) is 0. The number of fused-ring (bicyclic) bond motifs is 4. The Bertz CT molecular complexity index is 1760. The van der Waals surface area contributed by atoms with Crippen molar-refractivity contribution in [1.29, 1.82) is 0 Å². The van der Waals surface area contributed by atoms with Gasteiger partial charge in [-0.2, -0.15) is 0 Å². The first kappa shape index (κ1) is 28.6. The molecular formula is C34H24Cl2N2Zr. The van der Waals surface area contributed by atoms with E-state index < -0.39 is 0 Å². The van der Waals surface area contributed by atoms with Crippen LogP contribution < -0.4 is 24.8 Å². The van der Waals surface area contributed by atoms with Gasteiger partial charge in [0.05, 0.1) is 11.0 Å². The van der Waals surface area contributed by atoms with Gasteiger partial charge in [-0.25, -0.2) is 0 Å². The molecule has 2 heterocycles. The van der Waals surface area contributed by atoms with Crippen molar-refractivity contribution in [2.45, 2.75) is 0 Å². The summed E-state index contributed by atoms with van der Waals surface area (Å²) in [6.45, 7) is 0. The van der Waals surface area contributed by atoms with Crippen LogP contribution in [0.5, 0.6) is 0 Å². The maximum Gasteiger partial charge on any atom is 4.00 e. The van der Waals surface area contributed by atoms with E-state index in [1.807, 2.05) is 0 Å². The van der Waals surface area contributed by atoms with Crippen molar-refractivity contribution in [2.24, 2.45) is 0 Å². The molecule has 2 aromatic heterocycles. The maximum atomic E-state index is 2.25. The number of rotatable bonds is 2. The second-order valence-electron chi connectivity index (χ2n) is 9.17. The molecule has 0 aliphatic rings. The van der Waals surface area contributed by atoms with Crippen molar-refractivity contribution in [1.82, 2.24) is 9.13 Å². The molecule has 0 fully saturated rings. The first-order valence-corrected chi connectivity index (χ1v) is 12.3. The van der Waals surface area contributed by atoms with E-state index >= 15 is 0 Å². The SMILES string of the molecule is [Cl-].[Cl-].[Zr+4].c1ccc2[cH-]c(-n3ccc4ccccc43)cc2c1.c1ccc2[cH-]c(-n3ccc4ccccc43)cc2c1. The second-order valence-corrected chi connectivity index (χ2v) is 9.17. The Morgan fingerprint density at radius 1 is 0.410 bits per heavy atom. The van der Waals surface area contributed by atoms with Crippen molar-refractivity contribution >= 4 is 43.4 Å². The largest absolute Gasteiger partial charge is 4.00 e. The summed E-state index contributed by atoms with van der Waals surface area (Å²) in [7, 11) is 0. The third-order valence-electron chi connectivity index (χ3n) is 6.96. The fourth-order valence-corrected chi connectivity index (χ4v) is 5.16. The summed E-state index contributed by atoms with van der Waals surface area (Å²) in [5.41, 5.74) is 4.98. The summed E-state index contributed by atoms with van der Waals surface area (Å²) in [4.78, 5) is 0. The standard InChI is InChI=1S/2C17H12N.2ClH.Zr/c2*1-2-7-15-12-16(11-14(15)6-1)18-10-9-13-5-3-4-8-17(13)18;;;/h2*1-12H;2*1H;/q2*-1;;;+4/p-2. The molecule has 0 unspecified atom stereocenters. The smallest absolute Gasteiger partial charge is 1.00 e. The van der Waals surface area contributed by atoms with Crippen LogP contribution in [0.25, 0.3) is 54.7 Å². The molecule has 0 aliphatic carbocycles. The van der Waals surface area contributed by atoms with Gasteiger partial charge >= 0.3 is 26.2 Å². The van der Waals surface area contributed by atoms with Gasteiger partial charge in [-0.05, 0) is 46.4 Å². The summed E-state index contributed by atoms with van der Waals surface area (Å²) in [5, 5.41) is 7.75. The van der Waals surface area contributed by atoms with Gasteiger partial charge in [-0.3, -0.25) is 0 Å². The van der Waals surface area contributed by atoms with E-state index in [9.17, 15) is 0 Å². The average molecular weight is 623 g/mol. The minimum absolute atomic E-state index is 0. The van der Waals surface area contributed by atoms with Crippen LogP contribution in [0.2, 0.25) is 0 Å². The molecule has 0 saturated carbocycles. The Balaban J connectivity index is 0.000000168. The number of para-hydroxylation sites is 2. The molecule has 8 aromatic rings. The molecule has 0 radical (unpaired) electrons. The summed E-state index contributed by atoms with van der Waals surface area (Å²) in [5.74, 6) is 0. The zero-order chi connectivity index (χ0) is 23.9. The van der Waals surface area contributed by atoms with Crippen molar-refractivity contribution < 1.29 is 51.0 Å². The van der Waals surface area contributed by atoms with Gasteiger partial charge in [0.2, 0.25) is 0 Å². The molecule has 0 amide bonds. The molecule has 2 nitrogen and oxygen atoms in total. The molecule has 0 saturated heterocycles. The molecule has 5 heteroatoms. The van der Waals surface area contributed by atoms with Gasteiger partial charge < -0.3 is 33.9 Å². The number of hydrogen-bond donors (Lipinski definition) is 0. The van der Waals surface area contributed by atoms with E-state index in [1.165, 1.54) is 54.7 Å². The van der Waals surface area contributed by atoms with Gasteiger partial charge in [0, 0.05) is 12.4 Å². The Morgan fingerprint density at radius 2 is 0.769 bits per heavy atom. The van der Waals surface area contributed by atoms with E-state index in [0.717, 1.165) is 0 Å². The molecule has 0 spiro atoms. The Hall–Kier alpha value is -3.36. The van der Waals surface area contributed by atoms with E-state index in [0.29, 0.717) is 0 Å². The predicted molar refractivity (Wildman–Crippen MR) is 153 cm³/mol. The second kappa shape index (κ2) is 12.2. The van der Waals surface area contributed by atoms with Crippen LogP contribution in [0.1, 0.15) is 0 Å². The van der Waals surface area contributed by atoms with Crippen LogP contribution in [-0.4, -0.2) is 9.13 Å². The number of benzene rings is 4. The summed E-state index contributed by atoms with van der Waals surface area (Å²) in [6.07, 6.45) is 4.28. The van der Waals surface area contributed by atoms with Crippen molar-refractivity contribution in [2.75, 3.05) is 0 Å². The molecule has 0 bridgehead atoms. The summed E-state index contributed by atoms with van der Waals surface area (Å²) < 4.78 is 4.49. The fraction of sp³-hybridized carbons (Fsp3) is 0. The Morgan fingerprint density at radius 3 is 1.18 bits per heavy atom. The van der Waals surface area contributed by atoms with E-state index in [1.54, 1.807) is 0 Å². The number of nitrogens with zero attached hydrogens (tertiary/aromatic N) is 2. The van der Waals surface area contributed by atoms with Crippen molar-refractivity contribution in [3.63, 3.8) is 0 Å². The summed E-state index contributed by atoms with van der Waals surface area (Å²) in [6, 6.07) is 47.2. The minimum atomic E-state index is 0. The monoisotopic (exact) mass is 620 g/mol. The molecule has 0 atom stereocenters. The first-order chi connectivity index (χ1) is 17.8. The van der Waals surface area contributed by atoms with E-state index in [-0.39, 0.29) is 51.0 Å². The van der Waals surface area contributed by atoms with Crippen LogP contribution in [0.15, 0.2) is 146 Å². The minimum Gasteiger partial charge on any atom is -1.00 e. The quantitative estimate of drug-likeness (QED) is 0.263. The van der Waals surface area contributed by atoms with Crippen LogP contribution in [-0.2, 0) is 26.2 Å². The van der Waals surface area contributed by atoms with Gasteiger partial charge in [-0.15, -0.1) is 82.2 Å². The molecular weight excluding hydrogens is 599 g/mol. The normalized spacial score (nSPS) is 10.5. The van der Waals surface area contributed by atoms with Crippen molar-refractivity contribution in [3.8, 4) is 11.4 Å². The summed E-state index contributed by atoms with van der Waals surface area (Å²) >= 11 is 0. The van der Waals surface area contributed by atoms with E-state index in [2.05, 4.69) is 155 Å². The average Bonchev–Trinajstić information content (AvgIpc) is 3.71. The molecule has 6 aromatic carbocycles. The number of aromatic nitrogens is 2. The molecule has 0 N–H and O–H groups in total. The van der Waals surface area contributed by atoms with Gasteiger partial charge in [-0.1, -0.05) is 48.5 Å². The van der Waals surface area contributed by atoms with Crippen LogP contribution in [0.3, 0.4) is 0 Å². The van der Waals surface area contributed by atoms with Crippen LogP contribution in [0, 0.1) is 0 Å². The zero-order valence-corrected chi connectivity index (χ0v) is 25.0. The predicted octanol–water partition coefficient (Wildman–Crippen LogP) is 3.01. The third kappa shape index (κ3) is 5.40. The van der Waals surface area contributed by atoms with E-state index in [4.69, 9.17) is 0 Å². The first-order valence-electron chi connectivity index (χ1n) is 12.3. The van der Waals surface area contributed by atoms with Crippen molar-refractivity contribution in [3.05, 3.63) is 146 Å². The van der Waals surface area contributed by atoms with Gasteiger partial charge in [0.25, 0.3) is 0 Å². The van der Waals surface area contributed by atoms with Crippen LogP contribution >= 0.6 is 0 Å². The zero-order valence-electron chi connectivity index (χ0n) is 21.0. The van der Waals surface area contributed by atoms with Crippen LogP contribution in [0.4, 0.5) is 0 Å². The third-order valence-corrected chi connectivity index (χ3v) is 6.96.